The Morgan fingerprint density at radius 3 is 2.74 bits per heavy atom. The first-order valence-corrected chi connectivity index (χ1v) is 6.79. The number of nitrogens with one attached hydrogen (secondary N) is 1. The molecule has 0 aromatic heterocycles. The molecule has 5 heteroatoms. The van der Waals surface area contributed by atoms with Gasteiger partial charge in [0.1, 0.15) is 0 Å². The number of thiocarbonyl (C=S) groups is 1. The van der Waals surface area contributed by atoms with Crippen molar-refractivity contribution in [1.29, 1.82) is 0 Å². The SMILES string of the molecule is CCCN(CC(=O)Nc1cccc(C)c1)CC(N)=S. The zero-order valence-electron chi connectivity index (χ0n) is 11.5. The number of aryl methyl sites for hydroxylation is 1. The summed E-state index contributed by atoms with van der Waals surface area (Å²) in [5.74, 6) is -0.0460. The van der Waals surface area contributed by atoms with Crippen molar-refractivity contribution in [3.05, 3.63) is 29.8 Å². The van der Waals surface area contributed by atoms with Gasteiger partial charge in [-0.05, 0) is 37.6 Å². The maximum absolute atomic E-state index is 12.0. The fourth-order valence-corrected chi connectivity index (χ4v) is 2.06. The van der Waals surface area contributed by atoms with Crippen LogP contribution in [0, 0.1) is 6.92 Å². The largest absolute Gasteiger partial charge is 0.392 e. The van der Waals surface area contributed by atoms with Crippen LogP contribution in [0.3, 0.4) is 0 Å². The third kappa shape index (κ3) is 6.31. The van der Waals surface area contributed by atoms with Crippen molar-refractivity contribution in [2.24, 2.45) is 5.73 Å². The molecule has 0 fully saturated rings. The number of carbonyl (C=O) groups is 1. The number of rotatable bonds is 7. The number of hydrogen-bond donors (Lipinski definition) is 2. The quantitative estimate of drug-likeness (QED) is 0.749. The molecule has 19 heavy (non-hydrogen) atoms. The number of amides is 1. The Balaban J connectivity index is 2.54. The van der Waals surface area contributed by atoms with Gasteiger partial charge in [0.05, 0.1) is 11.5 Å². The lowest BCUT2D eigenvalue weighted by Gasteiger charge is -2.20. The molecule has 1 aromatic carbocycles. The summed E-state index contributed by atoms with van der Waals surface area (Å²) in [6.07, 6.45) is 0.959. The van der Waals surface area contributed by atoms with E-state index in [1.807, 2.05) is 36.1 Å². The van der Waals surface area contributed by atoms with Crippen LogP contribution in [0.1, 0.15) is 18.9 Å². The topological polar surface area (TPSA) is 58.4 Å². The van der Waals surface area contributed by atoms with Crippen molar-refractivity contribution in [3.63, 3.8) is 0 Å². The summed E-state index contributed by atoms with van der Waals surface area (Å²) in [4.78, 5) is 14.3. The van der Waals surface area contributed by atoms with Gasteiger partial charge in [0.25, 0.3) is 0 Å². The van der Waals surface area contributed by atoms with E-state index in [1.165, 1.54) is 0 Å². The molecule has 0 aliphatic rings. The third-order valence-corrected chi connectivity index (χ3v) is 2.72. The second kappa shape index (κ2) is 7.86. The van der Waals surface area contributed by atoms with Crippen LogP contribution in [0.5, 0.6) is 0 Å². The standard InChI is InChI=1S/C14H21N3OS/c1-3-7-17(9-13(15)19)10-14(18)16-12-6-4-5-11(2)8-12/h4-6,8H,3,7,9-10H2,1-2H3,(H2,15,19)(H,16,18). The van der Waals surface area contributed by atoms with Crippen LogP contribution in [0.25, 0.3) is 0 Å². The van der Waals surface area contributed by atoms with Gasteiger partial charge in [-0.15, -0.1) is 0 Å². The number of carbonyl (C=O) groups excluding carboxylic acids is 1. The molecule has 1 rings (SSSR count). The van der Waals surface area contributed by atoms with Crippen LogP contribution in [-0.2, 0) is 4.79 Å². The Bertz CT molecular complexity index is 448. The van der Waals surface area contributed by atoms with E-state index in [9.17, 15) is 4.79 Å². The zero-order chi connectivity index (χ0) is 14.3. The first kappa shape index (κ1) is 15.6. The average molecular weight is 279 g/mol. The lowest BCUT2D eigenvalue weighted by molar-refractivity contribution is -0.117. The highest BCUT2D eigenvalue weighted by molar-refractivity contribution is 7.80. The lowest BCUT2D eigenvalue weighted by atomic mass is 10.2. The van der Waals surface area contributed by atoms with Crippen LogP contribution < -0.4 is 11.1 Å². The minimum atomic E-state index is -0.0460. The van der Waals surface area contributed by atoms with Gasteiger partial charge in [0, 0.05) is 12.2 Å². The van der Waals surface area contributed by atoms with Crippen LogP contribution in [0.15, 0.2) is 24.3 Å². The van der Waals surface area contributed by atoms with Gasteiger partial charge in [-0.25, -0.2) is 0 Å². The molecule has 4 nitrogen and oxygen atoms in total. The highest BCUT2D eigenvalue weighted by atomic mass is 32.1. The molecule has 0 saturated carbocycles. The fourth-order valence-electron chi connectivity index (χ4n) is 1.88. The second-order valence-electron chi connectivity index (χ2n) is 4.59. The number of anilines is 1. The van der Waals surface area contributed by atoms with Gasteiger partial charge in [-0.1, -0.05) is 31.3 Å². The summed E-state index contributed by atoms with van der Waals surface area (Å²) in [6.45, 7) is 5.64. The molecule has 1 aromatic rings. The minimum Gasteiger partial charge on any atom is -0.392 e. The predicted molar refractivity (Wildman–Crippen MR) is 83.3 cm³/mol. The van der Waals surface area contributed by atoms with Crippen LogP contribution in [-0.4, -0.2) is 35.4 Å². The molecule has 0 aliphatic heterocycles. The Labute approximate surface area is 120 Å². The van der Waals surface area contributed by atoms with Crippen molar-refractivity contribution < 1.29 is 4.79 Å². The Hall–Kier alpha value is -1.46. The Morgan fingerprint density at radius 1 is 1.42 bits per heavy atom. The Morgan fingerprint density at radius 2 is 2.16 bits per heavy atom. The molecule has 0 spiro atoms. The van der Waals surface area contributed by atoms with E-state index in [2.05, 4.69) is 12.2 Å². The first-order valence-electron chi connectivity index (χ1n) is 6.38. The first-order chi connectivity index (χ1) is 9.01. The Kier molecular flexibility index (Phi) is 6.45. The number of nitrogens with two attached hydrogens (primary N) is 1. The van der Waals surface area contributed by atoms with E-state index in [0.717, 1.165) is 24.2 Å². The summed E-state index contributed by atoms with van der Waals surface area (Å²) in [6, 6.07) is 7.73. The van der Waals surface area contributed by atoms with Gasteiger partial charge in [-0.3, -0.25) is 9.69 Å². The van der Waals surface area contributed by atoms with E-state index in [4.69, 9.17) is 18.0 Å². The van der Waals surface area contributed by atoms with E-state index in [-0.39, 0.29) is 5.91 Å². The maximum atomic E-state index is 12.0. The summed E-state index contributed by atoms with van der Waals surface area (Å²) in [5, 5.41) is 2.88. The molecule has 0 bridgehead atoms. The highest BCUT2D eigenvalue weighted by Crippen LogP contribution is 2.09. The molecule has 0 radical (unpaired) electrons. The highest BCUT2D eigenvalue weighted by Gasteiger charge is 2.11. The molecular weight excluding hydrogens is 258 g/mol. The number of benzene rings is 1. The molecule has 0 saturated heterocycles. The normalized spacial score (nSPS) is 10.5. The summed E-state index contributed by atoms with van der Waals surface area (Å²) < 4.78 is 0. The molecule has 104 valence electrons. The van der Waals surface area contributed by atoms with Gasteiger partial charge >= 0.3 is 0 Å². The fraction of sp³-hybridized carbons (Fsp3) is 0.429. The van der Waals surface area contributed by atoms with Crippen LogP contribution in [0.2, 0.25) is 0 Å². The predicted octanol–water partition coefficient (Wildman–Crippen LogP) is 1.93. The minimum absolute atomic E-state index is 0.0460. The van der Waals surface area contributed by atoms with Crippen molar-refractivity contribution in [2.45, 2.75) is 20.3 Å². The second-order valence-corrected chi connectivity index (χ2v) is 5.12. The molecule has 0 unspecified atom stereocenters. The van der Waals surface area contributed by atoms with Gasteiger partial charge in [0.2, 0.25) is 5.91 Å². The van der Waals surface area contributed by atoms with E-state index >= 15 is 0 Å². The van der Waals surface area contributed by atoms with Crippen molar-refractivity contribution in [3.8, 4) is 0 Å². The van der Waals surface area contributed by atoms with E-state index < -0.39 is 0 Å². The molecule has 0 aliphatic carbocycles. The van der Waals surface area contributed by atoms with Gasteiger partial charge < -0.3 is 11.1 Å². The monoisotopic (exact) mass is 279 g/mol. The van der Waals surface area contributed by atoms with Crippen LogP contribution >= 0.6 is 12.2 Å². The smallest absolute Gasteiger partial charge is 0.238 e. The van der Waals surface area contributed by atoms with Crippen molar-refractivity contribution >= 4 is 28.8 Å². The van der Waals surface area contributed by atoms with E-state index in [0.29, 0.717) is 18.1 Å². The molecule has 1 amide bonds. The average Bonchev–Trinajstić information content (AvgIpc) is 2.27. The zero-order valence-corrected chi connectivity index (χ0v) is 12.3. The van der Waals surface area contributed by atoms with Crippen LogP contribution in [0.4, 0.5) is 5.69 Å². The number of nitrogens with zero attached hydrogens (tertiary/aromatic N) is 1. The van der Waals surface area contributed by atoms with Crippen molar-refractivity contribution in [1.82, 2.24) is 4.90 Å². The van der Waals surface area contributed by atoms with Crippen molar-refractivity contribution in [2.75, 3.05) is 25.0 Å². The molecule has 0 atom stereocenters. The summed E-state index contributed by atoms with van der Waals surface area (Å²) >= 11 is 4.89. The molecule has 0 heterocycles. The third-order valence-electron chi connectivity index (χ3n) is 2.59. The van der Waals surface area contributed by atoms with E-state index in [1.54, 1.807) is 0 Å². The lowest BCUT2D eigenvalue weighted by Crippen LogP contribution is -2.39. The maximum Gasteiger partial charge on any atom is 0.238 e. The summed E-state index contributed by atoms with van der Waals surface area (Å²) in [7, 11) is 0. The summed E-state index contributed by atoms with van der Waals surface area (Å²) in [5.41, 5.74) is 7.46. The molecular formula is C14H21N3OS. The van der Waals surface area contributed by atoms with Gasteiger partial charge in [0.15, 0.2) is 0 Å². The molecule has 3 N–H and O–H groups in total. The number of hydrogen-bond acceptors (Lipinski definition) is 3. The van der Waals surface area contributed by atoms with Gasteiger partial charge in [-0.2, -0.15) is 0 Å².